The van der Waals surface area contributed by atoms with Crippen LogP contribution in [-0.4, -0.2) is 66.1 Å². The quantitative estimate of drug-likeness (QED) is 0.455. The van der Waals surface area contributed by atoms with Crippen LogP contribution in [0.5, 0.6) is 11.5 Å². The number of nitrogens with zero attached hydrogens (tertiary/aromatic N) is 2. The van der Waals surface area contributed by atoms with Crippen molar-refractivity contribution in [1.29, 1.82) is 0 Å². The fourth-order valence-electron chi connectivity index (χ4n) is 3.84. The molecule has 1 atom stereocenters. The Morgan fingerprint density at radius 1 is 1.28 bits per heavy atom. The molecule has 2 N–H and O–H groups in total. The third-order valence-corrected chi connectivity index (χ3v) is 6.44. The highest BCUT2D eigenvalue weighted by Gasteiger charge is 2.31. The van der Waals surface area contributed by atoms with Crippen LogP contribution in [0.15, 0.2) is 28.4 Å². The maximum atomic E-state index is 13.0. The summed E-state index contributed by atoms with van der Waals surface area (Å²) in [5, 5.41) is 12.8. The standard InChI is InChI=1S/C23H29N3O5S/c1-4-31-12-16(27)10-26(15-6-7-15)11-20-24-22(28)21-17(13-32-23(21)25-20)14-5-8-18(29-2)19(9-14)30-3/h5,8-9,13,15-16,27H,4,6-7,10-12H2,1-3H3,(H,24,25,28). The molecular weight excluding hydrogens is 430 g/mol. The van der Waals surface area contributed by atoms with Crippen LogP contribution in [0, 0.1) is 0 Å². The molecule has 1 aliphatic rings. The number of fused-ring (bicyclic) bond motifs is 1. The summed E-state index contributed by atoms with van der Waals surface area (Å²) in [6.07, 6.45) is 1.62. The summed E-state index contributed by atoms with van der Waals surface area (Å²) < 4.78 is 16.1. The number of aliphatic hydroxyl groups excluding tert-OH is 1. The van der Waals surface area contributed by atoms with E-state index in [9.17, 15) is 9.90 Å². The minimum Gasteiger partial charge on any atom is -0.493 e. The molecule has 172 valence electrons. The van der Waals surface area contributed by atoms with Crippen LogP contribution in [0.25, 0.3) is 21.3 Å². The summed E-state index contributed by atoms with van der Waals surface area (Å²) in [7, 11) is 3.18. The summed E-state index contributed by atoms with van der Waals surface area (Å²) in [5.41, 5.74) is 1.52. The lowest BCUT2D eigenvalue weighted by Crippen LogP contribution is -2.37. The van der Waals surface area contributed by atoms with Gasteiger partial charge in [0.1, 0.15) is 10.7 Å². The van der Waals surface area contributed by atoms with Crippen molar-refractivity contribution in [3.8, 4) is 22.6 Å². The number of rotatable bonds is 11. The van der Waals surface area contributed by atoms with E-state index in [2.05, 4.69) is 9.88 Å². The molecule has 3 aromatic rings. The van der Waals surface area contributed by atoms with Crippen LogP contribution in [0.2, 0.25) is 0 Å². The molecule has 1 aromatic carbocycles. The van der Waals surface area contributed by atoms with Gasteiger partial charge in [0, 0.05) is 30.1 Å². The number of aromatic nitrogens is 2. The summed E-state index contributed by atoms with van der Waals surface area (Å²) >= 11 is 1.45. The first kappa shape index (κ1) is 22.7. The van der Waals surface area contributed by atoms with Crippen LogP contribution >= 0.6 is 11.3 Å². The van der Waals surface area contributed by atoms with Gasteiger partial charge >= 0.3 is 0 Å². The zero-order valence-corrected chi connectivity index (χ0v) is 19.4. The van der Waals surface area contributed by atoms with Gasteiger partial charge in [-0.1, -0.05) is 6.07 Å². The van der Waals surface area contributed by atoms with Gasteiger partial charge < -0.3 is 24.3 Å². The van der Waals surface area contributed by atoms with Crippen molar-refractivity contribution >= 4 is 21.6 Å². The topological polar surface area (TPSA) is 96.9 Å². The largest absolute Gasteiger partial charge is 0.493 e. The van der Waals surface area contributed by atoms with Gasteiger partial charge in [0.25, 0.3) is 5.56 Å². The van der Waals surface area contributed by atoms with Crippen LogP contribution in [0.3, 0.4) is 0 Å². The van der Waals surface area contributed by atoms with E-state index in [1.54, 1.807) is 14.2 Å². The van der Waals surface area contributed by atoms with Gasteiger partial charge in [0.15, 0.2) is 11.5 Å². The van der Waals surface area contributed by atoms with Crippen molar-refractivity contribution in [3.05, 3.63) is 39.8 Å². The third-order valence-electron chi connectivity index (χ3n) is 5.56. The average Bonchev–Trinajstić information content (AvgIpc) is 3.56. The highest BCUT2D eigenvalue weighted by Crippen LogP contribution is 2.36. The number of benzene rings is 1. The van der Waals surface area contributed by atoms with Crippen molar-refractivity contribution in [1.82, 2.24) is 14.9 Å². The predicted octanol–water partition coefficient (Wildman–Crippen LogP) is 3.03. The Labute approximate surface area is 190 Å². The van der Waals surface area contributed by atoms with E-state index >= 15 is 0 Å². The number of aromatic amines is 1. The van der Waals surface area contributed by atoms with Gasteiger partial charge in [-0.05, 0) is 37.5 Å². The van der Waals surface area contributed by atoms with E-state index in [4.69, 9.17) is 19.2 Å². The lowest BCUT2D eigenvalue weighted by atomic mass is 10.1. The molecule has 0 amide bonds. The maximum Gasteiger partial charge on any atom is 0.260 e. The highest BCUT2D eigenvalue weighted by molar-refractivity contribution is 7.17. The number of hydrogen-bond acceptors (Lipinski definition) is 8. The SMILES string of the molecule is CCOCC(O)CN(Cc1nc2scc(-c3ccc(OC)c(OC)c3)c2c(=O)[nH]1)C1CC1. The van der Waals surface area contributed by atoms with E-state index in [-0.39, 0.29) is 5.56 Å². The Morgan fingerprint density at radius 3 is 2.75 bits per heavy atom. The fourth-order valence-corrected chi connectivity index (χ4v) is 4.80. The van der Waals surface area contributed by atoms with Crippen LogP contribution in [0.4, 0.5) is 0 Å². The predicted molar refractivity (Wildman–Crippen MR) is 125 cm³/mol. The second kappa shape index (κ2) is 9.99. The highest BCUT2D eigenvalue weighted by atomic mass is 32.1. The van der Waals surface area contributed by atoms with E-state index < -0.39 is 6.10 Å². The molecule has 0 bridgehead atoms. The number of H-pyrrole nitrogens is 1. The Morgan fingerprint density at radius 2 is 2.06 bits per heavy atom. The molecule has 0 saturated heterocycles. The van der Waals surface area contributed by atoms with Crippen LogP contribution in [0.1, 0.15) is 25.6 Å². The maximum absolute atomic E-state index is 13.0. The van der Waals surface area contributed by atoms with Crippen molar-refractivity contribution < 1.29 is 19.3 Å². The molecule has 2 aromatic heterocycles. The Kier molecular flexibility index (Phi) is 7.10. The summed E-state index contributed by atoms with van der Waals surface area (Å²) in [5.74, 6) is 1.85. The molecule has 2 heterocycles. The number of thiophene rings is 1. The molecule has 32 heavy (non-hydrogen) atoms. The van der Waals surface area contributed by atoms with Crippen molar-refractivity contribution in [2.45, 2.75) is 38.5 Å². The first-order chi connectivity index (χ1) is 15.5. The van der Waals surface area contributed by atoms with E-state index in [0.717, 1.165) is 24.0 Å². The van der Waals surface area contributed by atoms with Gasteiger partial charge in [-0.15, -0.1) is 11.3 Å². The number of aliphatic hydroxyl groups is 1. The lowest BCUT2D eigenvalue weighted by Gasteiger charge is -2.24. The van der Waals surface area contributed by atoms with Gasteiger partial charge in [-0.25, -0.2) is 4.98 Å². The van der Waals surface area contributed by atoms with E-state index in [1.807, 2.05) is 30.5 Å². The van der Waals surface area contributed by atoms with Crippen molar-refractivity contribution in [2.24, 2.45) is 0 Å². The van der Waals surface area contributed by atoms with Gasteiger partial charge in [-0.2, -0.15) is 0 Å². The molecular formula is C23H29N3O5S. The second-order valence-corrected chi connectivity index (χ2v) is 8.74. The minimum atomic E-state index is -0.565. The number of methoxy groups -OCH3 is 2. The normalized spacial score (nSPS) is 14.8. The fraction of sp³-hybridized carbons (Fsp3) is 0.478. The number of ether oxygens (including phenoxy) is 3. The summed E-state index contributed by atoms with van der Waals surface area (Å²) in [6.45, 7) is 3.78. The zero-order chi connectivity index (χ0) is 22.7. The number of hydrogen-bond donors (Lipinski definition) is 2. The van der Waals surface area contributed by atoms with Gasteiger partial charge in [-0.3, -0.25) is 9.69 Å². The molecule has 1 saturated carbocycles. The summed E-state index contributed by atoms with van der Waals surface area (Å²) in [6, 6.07) is 6.01. The molecule has 4 rings (SSSR count). The lowest BCUT2D eigenvalue weighted by molar-refractivity contribution is 0.0174. The molecule has 0 aliphatic heterocycles. The second-order valence-electron chi connectivity index (χ2n) is 7.89. The molecule has 9 heteroatoms. The van der Waals surface area contributed by atoms with Crippen molar-refractivity contribution in [3.63, 3.8) is 0 Å². The smallest absolute Gasteiger partial charge is 0.260 e. The molecule has 0 radical (unpaired) electrons. The Hall–Kier alpha value is -2.46. The van der Waals surface area contributed by atoms with Crippen LogP contribution < -0.4 is 15.0 Å². The molecule has 0 spiro atoms. The Balaban J connectivity index is 1.59. The van der Waals surface area contributed by atoms with Gasteiger partial charge in [0.2, 0.25) is 0 Å². The van der Waals surface area contributed by atoms with Gasteiger partial charge in [0.05, 0.1) is 38.9 Å². The first-order valence-corrected chi connectivity index (χ1v) is 11.6. The molecule has 1 aliphatic carbocycles. The number of nitrogens with one attached hydrogen (secondary N) is 1. The molecule has 1 fully saturated rings. The molecule has 8 nitrogen and oxygen atoms in total. The minimum absolute atomic E-state index is 0.165. The summed E-state index contributed by atoms with van der Waals surface area (Å²) in [4.78, 5) is 23.6. The average molecular weight is 460 g/mol. The Bertz CT molecular complexity index is 1120. The monoisotopic (exact) mass is 459 g/mol. The van der Waals surface area contributed by atoms with Crippen molar-refractivity contribution in [2.75, 3.05) is 34.0 Å². The third kappa shape index (κ3) is 4.96. The van der Waals surface area contributed by atoms with E-state index in [0.29, 0.717) is 59.9 Å². The zero-order valence-electron chi connectivity index (χ0n) is 18.6. The van der Waals surface area contributed by atoms with E-state index in [1.165, 1.54) is 11.3 Å². The van der Waals surface area contributed by atoms with Crippen LogP contribution in [-0.2, 0) is 11.3 Å². The first-order valence-electron chi connectivity index (χ1n) is 10.8. The molecule has 1 unspecified atom stereocenters.